The molecule has 8 bridgehead atoms. The average molecular weight is 997 g/mol. The Balaban J connectivity index is 0.980. The molecule has 9 atom stereocenters. The van der Waals surface area contributed by atoms with Crippen LogP contribution in [0.2, 0.25) is 0 Å². The van der Waals surface area contributed by atoms with Gasteiger partial charge in [0.1, 0.15) is 5.75 Å². The van der Waals surface area contributed by atoms with Gasteiger partial charge in [-0.3, -0.25) is 9.79 Å². The summed E-state index contributed by atoms with van der Waals surface area (Å²) >= 11 is 0. The van der Waals surface area contributed by atoms with Gasteiger partial charge in [0, 0.05) is 53.0 Å². The number of nitrogens with two attached hydrogens (primary N) is 2. The number of fused-ring (bicyclic) bond motifs is 8. The first-order chi connectivity index (χ1) is 34.1. The van der Waals surface area contributed by atoms with E-state index in [4.69, 9.17) is 16.2 Å². The lowest BCUT2D eigenvalue weighted by Gasteiger charge is -2.64. The third kappa shape index (κ3) is 8.77. The number of aliphatic hydroxyl groups excluding tert-OH is 2. The molecule has 13 heteroatoms. The second-order valence-electron chi connectivity index (χ2n) is 22.7. The van der Waals surface area contributed by atoms with Gasteiger partial charge in [-0.2, -0.15) is 0 Å². The molecule has 0 radical (unpaired) electrons. The number of benzene rings is 3. The van der Waals surface area contributed by atoms with Crippen molar-refractivity contribution in [2.45, 2.75) is 132 Å². The SMILES string of the molecule is NC(N)c1cc2c3cc1CSSC[C@]14C[C@H]5C[C@@]67CCC[C@]6(C[C@@H]5[C@](/C=C/C(=O)CCc5ccc(O)c(c5)OCCc5ccc(O)c(c5)[C@H]3CC([O-])=C3C=CN=C3CC#C2)(C[C@@H]1O)C4)C[C@](O)(CO)CC7. The number of aliphatic hydroxyl groups is 3. The number of phenolic OH excluding ortho intramolecular Hbond substituents is 2. The predicted molar refractivity (Wildman–Crippen MR) is 276 cm³/mol. The third-order valence-corrected chi connectivity index (χ3v) is 21.2. The second-order valence-corrected chi connectivity index (χ2v) is 25.2. The van der Waals surface area contributed by atoms with E-state index in [0.29, 0.717) is 84.1 Å². The Bertz CT molecular complexity index is 2830. The zero-order valence-corrected chi connectivity index (χ0v) is 42.0. The van der Waals surface area contributed by atoms with Gasteiger partial charge in [-0.25, -0.2) is 0 Å². The highest BCUT2D eigenvalue weighted by Gasteiger charge is 2.70. The van der Waals surface area contributed by atoms with Gasteiger partial charge in [0.2, 0.25) is 0 Å². The standard InChI is InChI=1S/C58H67N3O8S2/c59-53(60)43-23-37-3-1-4-47-41(12-19-61-47)50(66)25-44-42(37)24-38(43)30-70-71-34-55-26-39-27-56-14-2-15-57(56,32-58(68,33-62)18-17-56)28-46(39)54(31-55,29-52(55)67)16-11-40(63)8-5-35-7-10-49(65)51(22-35)69-20-13-36-6-9-48(64)45(44)21-36/h6-7,9-12,16,19,21-24,39,44,46,52-53,62,64-68H,2,4-5,8,13-15,17-18,20,25-34,59-60H2/p-1/b16-11+,50-41?/t39-,44-,46-,52-,54+,55+,56-,57-,58-/m0/s1. The smallest absolute Gasteiger partial charge is 0.161 e. The number of carbonyl (C=O) groups excluding carboxylic acids is 1. The second kappa shape index (κ2) is 18.8. The number of carbonyl (C=O) groups is 1. The third-order valence-electron chi connectivity index (χ3n) is 18.7. The number of aliphatic imine (C=N–C) groups is 1. The van der Waals surface area contributed by atoms with Gasteiger partial charge in [0.05, 0.1) is 43.2 Å². The van der Waals surface area contributed by atoms with E-state index < -0.39 is 29.2 Å². The fourth-order valence-electron chi connectivity index (χ4n) is 15.3. The van der Waals surface area contributed by atoms with Crippen LogP contribution in [0.3, 0.4) is 0 Å². The molecule has 5 saturated carbocycles. The summed E-state index contributed by atoms with van der Waals surface area (Å²) in [5.41, 5.74) is 17.8. The van der Waals surface area contributed by atoms with Gasteiger partial charge in [-0.05, 0) is 175 Å². The number of aromatic hydroxyl groups is 2. The summed E-state index contributed by atoms with van der Waals surface area (Å²) in [7, 11) is 3.47. The maximum atomic E-state index is 14.3. The molecule has 374 valence electrons. The fourth-order valence-corrected chi connectivity index (χ4v) is 18.1. The molecule has 0 amide bonds. The van der Waals surface area contributed by atoms with Crippen LogP contribution < -0.4 is 21.3 Å². The van der Waals surface area contributed by atoms with Gasteiger partial charge in [0.15, 0.2) is 17.3 Å². The van der Waals surface area contributed by atoms with Gasteiger partial charge in [0.25, 0.3) is 0 Å². The van der Waals surface area contributed by atoms with Crippen molar-refractivity contribution in [1.29, 1.82) is 0 Å². The molecule has 3 aromatic rings. The van der Waals surface area contributed by atoms with E-state index in [9.17, 15) is 35.4 Å². The molecule has 0 unspecified atom stereocenters. The minimum absolute atomic E-state index is 0.00520. The Morgan fingerprint density at radius 2 is 1.70 bits per heavy atom. The molecular weight excluding hydrogens is 931 g/mol. The topological polar surface area (TPSA) is 215 Å². The number of ketones is 1. The number of rotatable bonds is 2. The number of nitrogens with zero attached hydrogens (tertiary/aromatic N) is 1. The van der Waals surface area contributed by atoms with Crippen molar-refractivity contribution in [2.75, 3.05) is 19.0 Å². The normalized spacial score (nSPS) is 35.1. The maximum absolute atomic E-state index is 14.3. The van der Waals surface area contributed by atoms with Gasteiger partial charge in [-0.1, -0.05) is 70.2 Å². The molecule has 71 heavy (non-hydrogen) atoms. The summed E-state index contributed by atoms with van der Waals surface area (Å²) in [4.78, 5) is 18.5. The van der Waals surface area contributed by atoms with E-state index >= 15 is 0 Å². The molecule has 6 aliphatic carbocycles. The molecule has 0 aromatic heterocycles. The van der Waals surface area contributed by atoms with Crippen LogP contribution in [0.4, 0.5) is 0 Å². The lowest BCUT2D eigenvalue weighted by molar-refractivity contribution is -0.307. The largest absolute Gasteiger partial charge is 0.875 e. The van der Waals surface area contributed by atoms with Crippen LogP contribution in [0.1, 0.15) is 141 Å². The number of phenols is 2. The Morgan fingerprint density at radius 1 is 0.887 bits per heavy atom. The number of allylic oxidation sites excluding steroid dienone is 5. The van der Waals surface area contributed by atoms with E-state index in [2.05, 4.69) is 29.0 Å². The molecule has 9 N–H and O–H groups in total. The molecular formula is C58H66N3O8S2-. The van der Waals surface area contributed by atoms with E-state index in [0.717, 1.165) is 79.2 Å². The number of ether oxygens (including phenoxy) is 1. The van der Waals surface area contributed by atoms with Crippen molar-refractivity contribution in [1.82, 2.24) is 0 Å². The van der Waals surface area contributed by atoms with Gasteiger partial charge >= 0.3 is 0 Å². The van der Waals surface area contributed by atoms with Crippen LogP contribution in [-0.4, -0.2) is 67.7 Å². The van der Waals surface area contributed by atoms with Crippen LogP contribution in [0, 0.1) is 45.3 Å². The van der Waals surface area contributed by atoms with Crippen LogP contribution in [0.15, 0.2) is 89.3 Å². The number of hydrogen-bond acceptors (Lipinski definition) is 13. The highest BCUT2D eigenvalue weighted by molar-refractivity contribution is 8.76. The Morgan fingerprint density at radius 3 is 2.54 bits per heavy atom. The summed E-state index contributed by atoms with van der Waals surface area (Å²) in [5.74, 6) is 8.17. The molecule has 11 rings (SSSR count). The Hall–Kier alpha value is -4.52. The van der Waals surface area contributed by atoms with E-state index in [1.807, 2.05) is 24.3 Å². The fraction of sp³-hybridized carbons (Fsp3) is 0.517. The van der Waals surface area contributed by atoms with Gasteiger partial charge < -0.3 is 46.8 Å². The van der Waals surface area contributed by atoms with Gasteiger partial charge in [-0.15, -0.1) is 5.76 Å². The molecule has 0 spiro atoms. The monoisotopic (exact) mass is 996 g/mol. The van der Waals surface area contributed by atoms with E-state index in [1.54, 1.807) is 58.1 Å². The predicted octanol–water partition coefficient (Wildman–Crippen LogP) is 8.07. The first-order valence-electron chi connectivity index (χ1n) is 25.7. The number of hydrogen-bond donors (Lipinski definition) is 7. The van der Waals surface area contributed by atoms with Crippen LogP contribution >= 0.6 is 21.6 Å². The van der Waals surface area contributed by atoms with Crippen molar-refractivity contribution in [3.05, 3.63) is 123 Å². The summed E-state index contributed by atoms with van der Waals surface area (Å²) in [6.07, 6.45) is 17.1. The zero-order valence-electron chi connectivity index (χ0n) is 40.3. The van der Waals surface area contributed by atoms with Crippen LogP contribution in [0.5, 0.6) is 17.2 Å². The van der Waals surface area contributed by atoms with Crippen molar-refractivity contribution in [3.63, 3.8) is 0 Å². The van der Waals surface area contributed by atoms with Crippen molar-refractivity contribution >= 4 is 33.1 Å². The lowest BCUT2D eigenvalue weighted by Crippen LogP contribution is -2.59. The molecule has 0 saturated heterocycles. The first-order valence-corrected chi connectivity index (χ1v) is 28.2. The Kier molecular flexibility index (Phi) is 12.9. The highest BCUT2D eigenvalue weighted by atomic mass is 33.1. The molecule has 5 fully saturated rings. The quantitative estimate of drug-likeness (QED) is 0.0738. The summed E-state index contributed by atoms with van der Waals surface area (Å²) < 4.78 is 6.20. The molecule has 8 aliphatic rings. The number of aryl methyl sites for hydroxylation is 1. The van der Waals surface area contributed by atoms with Crippen LogP contribution in [-0.2, 0) is 23.4 Å². The summed E-state index contributed by atoms with van der Waals surface area (Å²) in [5, 5.41) is 71.5. The first kappa shape index (κ1) is 48.7. The average Bonchev–Trinajstić information content (AvgIpc) is 4.04. The van der Waals surface area contributed by atoms with E-state index in [-0.39, 0.29) is 71.3 Å². The van der Waals surface area contributed by atoms with Crippen molar-refractivity contribution in [2.24, 2.45) is 50.0 Å². The minimum Gasteiger partial charge on any atom is -0.875 e. The van der Waals surface area contributed by atoms with E-state index in [1.165, 1.54) is 0 Å². The summed E-state index contributed by atoms with van der Waals surface area (Å²) in [6.45, 7) is -0.0132. The molecule has 2 heterocycles. The van der Waals surface area contributed by atoms with Crippen molar-refractivity contribution in [3.8, 4) is 29.1 Å². The lowest BCUT2D eigenvalue weighted by atomic mass is 9.41. The zero-order chi connectivity index (χ0) is 49.3. The van der Waals surface area contributed by atoms with Crippen LogP contribution in [0.25, 0.3) is 0 Å². The highest BCUT2D eigenvalue weighted by Crippen LogP contribution is 2.77. The van der Waals surface area contributed by atoms with Crippen molar-refractivity contribution < 1.29 is 40.2 Å². The molecule has 2 aliphatic heterocycles. The molecule has 11 nitrogen and oxygen atoms in total. The Labute approximate surface area is 424 Å². The maximum Gasteiger partial charge on any atom is 0.161 e. The summed E-state index contributed by atoms with van der Waals surface area (Å²) in [6, 6.07) is 14.7. The minimum atomic E-state index is -1.08. The molecule has 3 aromatic carbocycles.